The van der Waals surface area contributed by atoms with Gasteiger partial charge in [0.05, 0.1) is 6.20 Å². The Balaban J connectivity index is 1.86. The molecule has 0 fully saturated rings. The molecule has 5 heteroatoms. The predicted octanol–water partition coefficient (Wildman–Crippen LogP) is 1.78. The van der Waals surface area contributed by atoms with Crippen LogP contribution in [0.4, 0.5) is 0 Å². The van der Waals surface area contributed by atoms with Crippen LogP contribution >= 0.6 is 11.3 Å². The zero-order valence-electron chi connectivity index (χ0n) is 9.82. The van der Waals surface area contributed by atoms with Crippen molar-refractivity contribution in [3.63, 3.8) is 0 Å². The lowest BCUT2D eigenvalue weighted by atomic mass is 10.2. The molecule has 0 bridgehead atoms. The van der Waals surface area contributed by atoms with E-state index < -0.39 is 0 Å². The third-order valence-corrected chi connectivity index (χ3v) is 3.56. The smallest absolute Gasteiger partial charge is 0.107 e. The minimum atomic E-state index is 0.826. The first-order chi connectivity index (χ1) is 7.66. The monoisotopic (exact) mass is 236 g/mol. The number of hydrogen-bond acceptors (Lipinski definition) is 4. The van der Waals surface area contributed by atoms with Gasteiger partial charge in [-0.3, -0.25) is 4.68 Å². The van der Waals surface area contributed by atoms with E-state index in [1.807, 2.05) is 24.9 Å². The second-order valence-electron chi connectivity index (χ2n) is 3.87. The fourth-order valence-corrected chi connectivity index (χ4v) is 2.25. The van der Waals surface area contributed by atoms with Crippen LogP contribution in [0.5, 0.6) is 0 Å². The van der Waals surface area contributed by atoms with E-state index in [0.29, 0.717) is 0 Å². The normalized spacial score (nSPS) is 10.9. The Kier molecular flexibility index (Phi) is 3.36. The largest absolute Gasteiger partial charge is 0.306 e. The first kappa shape index (κ1) is 11.3. The number of hydrogen-bond donors (Lipinski definition) is 1. The number of nitrogens with zero attached hydrogens (tertiary/aromatic N) is 3. The molecule has 0 amide bonds. The lowest BCUT2D eigenvalue weighted by molar-refractivity contribution is 0.681. The lowest BCUT2D eigenvalue weighted by Crippen LogP contribution is -2.13. The molecular weight excluding hydrogens is 220 g/mol. The van der Waals surface area contributed by atoms with Crippen molar-refractivity contribution in [1.82, 2.24) is 20.1 Å². The molecule has 0 radical (unpaired) electrons. The van der Waals surface area contributed by atoms with Crippen molar-refractivity contribution in [3.8, 4) is 0 Å². The summed E-state index contributed by atoms with van der Waals surface area (Å²) in [5.41, 5.74) is 3.55. The van der Waals surface area contributed by atoms with Crippen molar-refractivity contribution in [1.29, 1.82) is 0 Å². The molecule has 1 N–H and O–H groups in total. The van der Waals surface area contributed by atoms with Gasteiger partial charge in [0.25, 0.3) is 0 Å². The second-order valence-corrected chi connectivity index (χ2v) is 4.81. The molecular formula is C11H16N4S. The van der Waals surface area contributed by atoms with Gasteiger partial charge in [0.2, 0.25) is 0 Å². The SMILES string of the molecule is Cc1csc(CNCc2cnn(C)c2C)n1. The maximum atomic E-state index is 4.40. The fourth-order valence-electron chi connectivity index (χ4n) is 1.51. The second kappa shape index (κ2) is 4.76. The Morgan fingerprint density at radius 2 is 2.19 bits per heavy atom. The molecule has 0 aliphatic rings. The molecule has 0 atom stereocenters. The molecule has 0 saturated carbocycles. The van der Waals surface area contributed by atoms with Gasteiger partial charge in [-0.25, -0.2) is 4.98 Å². The van der Waals surface area contributed by atoms with E-state index in [9.17, 15) is 0 Å². The summed E-state index contributed by atoms with van der Waals surface area (Å²) < 4.78 is 1.89. The molecule has 0 unspecified atom stereocenters. The van der Waals surface area contributed by atoms with Crippen LogP contribution in [-0.2, 0) is 20.1 Å². The Bertz CT molecular complexity index is 472. The van der Waals surface area contributed by atoms with Crippen molar-refractivity contribution in [2.45, 2.75) is 26.9 Å². The van der Waals surface area contributed by atoms with Gasteiger partial charge in [0.1, 0.15) is 5.01 Å². The summed E-state index contributed by atoms with van der Waals surface area (Å²) in [6.45, 7) is 5.77. The van der Waals surface area contributed by atoms with Gasteiger partial charge in [0, 0.05) is 42.5 Å². The van der Waals surface area contributed by atoms with Crippen LogP contribution < -0.4 is 5.32 Å². The van der Waals surface area contributed by atoms with Gasteiger partial charge >= 0.3 is 0 Å². The third-order valence-electron chi connectivity index (χ3n) is 2.60. The number of aryl methyl sites for hydroxylation is 2. The molecule has 86 valence electrons. The maximum Gasteiger partial charge on any atom is 0.107 e. The average Bonchev–Trinajstić information content (AvgIpc) is 2.79. The minimum absolute atomic E-state index is 0.826. The van der Waals surface area contributed by atoms with Gasteiger partial charge in [-0.05, 0) is 13.8 Å². The minimum Gasteiger partial charge on any atom is -0.306 e. The molecule has 2 aromatic rings. The molecule has 0 aliphatic heterocycles. The highest BCUT2D eigenvalue weighted by Crippen LogP contribution is 2.09. The summed E-state index contributed by atoms with van der Waals surface area (Å²) in [4.78, 5) is 4.40. The van der Waals surface area contributed by atoms with Crippen molar-refractivity contribution in [2.75, 3.05) is 0 Å². The maximum absolute atomic E-state index is 4.40. The van der Waals surface area contributed by atoms with Crippen LogP contribution in [-0.4, -0.2) is 14.8 Å². The summed E-state index contributed by atoms with van der Waals surface area (Å²) in [5, 5.41) is 10.8. The Morgan fingerprint density at radius 1 is 1.38 bits per heavy atom. The van der Waals surface area contributed by atoms with Crippen LogP contribution in [0.3, 0.4) is 0 Å². The predicted molar refractivity (Wildman–Crippen MR) is 65.3 cm³/mol. The van der Waals surface area contributed by atoms with E-state index in [0.717, 1.165) is 23.8 Å². The Labute approximate surface area is 99.3 Å². The zero-order valence-corrected chi connectivity index (χ0v) is 10.6. The first-order valence-corrected chi connectivity index (χ1v) is 6.14. The van der Waals surface area contributed by atoms with Crippen LogP contribution in [0.2, 0.25) is 0 Å². The van der Waals surface area contributed by atoms with Crippen LogP contribution in [0.1, 0.15) is 22.0 Å². The van der Waals surface area contributed by atoms with Crippen molar-refractivity contribution < 1.29 is 0 Å². The Hall–Kier alpha value is -1.20. The summed E-state index contributed by atoms with van der Waals surface area (Å²) in [6.07, 6.45) is 1.91. The molecule has 0 aromatic carbocycles. The van der Waals surface area contributed by atoms with Crippen molar-refractivity contribution in [3.05, 3.63) is 33.5 Å². The first-order valence-electron chi connectivity index (χ1n) is 5.26. The van der Waals surface area contributed by atoms with E-state index in [-0.39, 0.29) is 0 Å². The highest BCUT2D eigenvalue weighted by atomic mass is 32.1. The molecule has 4 nitrogen and oxygen atoms in total. The summed E-state index contributed by atoms with van der Waals surface area (Å²) >= 11 is 1.70. The topological polar surface area (TPSA) is 42.7 Å². The summed E-state index contributed by atoms with van der Waals surface area (Å²) in [6, 6.07) is 0. The molecule has 0 aliphatic carbocycles. The van der Waals surface area contributed by atoms with E-state index in [1.165, 1.54) is 11.3 Å². The average molecular weight is 236 g/mol. The lowest BCUT2D eigenvalue weighted by Gasteiger charge is -2.02. The summed E-state index contributed by atoms with van der Waals surface area (Å²) in [5.74, 6) is 0. The van der Waals surface area contributed by atoms with Gasteiger partial charge in [-0.15, -0.1) is 11.3 Å². The highest BCUT2D eigenvalue weighted by molar-refractivity contribution is 7.09. The Morgan fingerprint density at radius 3 is 2.75 bits per heavy atom. The van der Waals surface area contributed by atoms with E-state index in [1.54, 1.807) is 11.3 Å². The van der Waals surface area contributed by atoms with E-state index in [2.05, 4.69) is 27.7 Å². The number of aromatic nitrogens is 3. The van der Waals surface area contributed by atoms with Gasteiger partial charge in [0.15, 0.2) is 0 Å². The number of rotatable bonds is 4. The molecule has 16 heavy (non-hydrogen) atoms. The van der Waals surface area contributed by atoms with Crippen molar-refractivity contribution in [2.24, 2.45) is 7.05 Å². The van der Waals surface area contributed by atoms with Crippen molar-refractivity contribution >= 4 is 11.3 Å². The quantitative estimate of drug-likeness (QED) is 0.880. The molecule has 2 rings (SSSR count). The van der Waals surface area contributed by atoms with Gasteiger partial charge < -0.3 is 5.32 Å². The van der Waals surface area contributed by atoms with E-state index in [4.69, 9.17) is 0 Å². The molecule has 2 aromatic heterocycles. The van der Waals surface area contributed by atoms with Gasteiger partial charge in [-0.1, -0.05) is 0 Å². The molecule has 0 spiro atoms. The number of thiazole rings is 1. The third kappa shape index (κ3) is 2.48. The van der Waals surface area contributed by atoms with Crippen LogP contribution in [0.15, 0.2) is 11.6 Å². The standard InChI is InChI=1S/C11H16N4S/c1-8-7-16-11(14-8)6-12-4-10-5-13-15(3)9(10)2/h5,7,12H,4,6H2,1-3H3. The molecule has 0 saturated heterocycles. The van der Waals surface area contributed by atoms with Crippen LogP contribution in [0.25, 0.3) is 0 Å². The highest BCUT2D eigenvalue weighted by Gasteiger charge is 2.03. The fraction of sp³-hybridized carbons (Fsp3) is 0.455. The number of nitrogens with one attached hydrogen (secondary N) is 1. The van der Waals surface area contributed by atoms with Crippen LogP contribution in [0, 0.1) is 13.8 Å². The van der Waals surface area contributed by atoms with E-state index >= 15 is 0 Å². The molecule has 2 heterocycles. The van der Waals surface area contributed by atoms with Gasteiger partial charge in [-0.2, -0.15) is 5.10 Å². The summed E-state index contributed by atoms with van der Waals surface area (Å²) in [7, 11) is 1.96. The zero-order chi connectivity index (χ0) is 11.5.